The first-order valence-corrected chi connectivity index (χ1v) is 13.7. The van der Waals surface area contributed by atoms with Crippen LogP contribution < -0.4 is 5.73 Å². The number of benzene rings is 3. The molecule has 0 amide bonds. The summed E-state index contributed by atoms with van der Waals surface area (Å²) in [5.74, 6) is 1.07. The summed E-state index contributed by atoms with van der Waals surface area (Å²) in [6.45, 7) is 3.09. The molecule has 194 valence electrons. The van der Waals surface area contributed by atoms with Crippen LogP contribution in [0.3, 0.4) is 0 Å². The summed E-state index contributed by atoms with van der Waals surface area (Å²) >= 11 is 0. The number of imidazole rings is 1. The van der Waals surface area contributed by atoms with Gasteiger partial charge in [-0.1, -0.05) is 54.6 Å². The Kier molecular flexibility index (Phi) is 6.13. The van der Waals surface area contributed by atoms with E-state index in [4.69, 9.17) is 15.7 Å². The van der Waals surface area contributed by atoms with E-state index in [1.807, 2.05) is 48.9 Å². The maximum Gasteiger partial charge on any atom is 0.155 e. The van der Waals surface area contributed by atoms with Crippen molar-refractivity contribution in [2.24, 2.45) is 4.99 Å². The standard InChI is InChI=1S/C32H31N7/c33-25-12-13-27-29(19-25)37-30(23-5-2-1-3-6-23)31(36-27)24-10-8-22(9-11-24)20-38-17-14-26(15-18-38)39-21-35-28-7-4-16-34-32(28)39/h1-3,5-6,8-13,16,19,21,26H,4,7,14-15,17-18,20,33H2. The minimum Gasteiger partial charge on any atom is -0.399 e. The number of aryl methyl sites for hydroxylation is 1. The van der Waals surface area contributed by atoms with Crippen LogP contribution in [0, 0.1) is 0 Å². The Morgan fingerprint density at radius 3 is 2.36 bits per heavy atom. The Bertz CT molecular complexity index is 1650. The average molecular weight is 514 g/mol. The van der Waals surface area contributed by atoms with E-state index in [1.165, 1.54) is 5.56 Å². The van der Waals surface area contributed by atoms with Gasteiger partial charge in [0.15, 0.2) is 5.82 Å². The molecular formula is C32H31N7. The number of aliphatic imine (C=N–C) groups is 1. The molecule has 4 heterocycles. The number of likely N-dealkylation sites (tertiary alicyclic amines) is 1. The third-order valence-corrected chi connectivity index (χ3v) is 7.88. The van der Waals surface area contributed by atoms with Crippen LogP contribution in [-0.2, 0) is 13.0 Å². The van der Waals surface area contributed by atoms with Gasteiger partial charge in [-0.25, -0.2) is 19.9 Å². The van der Waals surface area contributed by atoms with E-state index in [-0.39, 0.29) is 0 Å². The molecule has 7 nitrogen and oxygen atoms in total. The highest BCUT2D eigenvalue weighted by Gasteiger charge is 2.24. The fourth-order valence-electron chi connectivity index (χ4n) is 5.78. The Morgan fingerprint density at radius 1 is 0.821 bits per heavy atom. The van der Waals surface area contributed by atoms with E-state index in [0.717, 1.165) is 90.4 Å². The van der Waals surface area contributed by atoms with Crippen molar-refractivity contribution >= 4 is 28.8 Å². The molecule has 0 unspecified atom stereocenters. The van der Waals surface area contributed by atoms with E-state index in [2.05, 4.69) is 55.8 Å². The third kappa shape index (κ3) is 4.70. The van der Waals surface area contributed by atoms with Crippen LogP contribution in [0.2, 0.25) is 0 Å². The van der Waals surface area contributed by atoms with Gasteiger partial charge in [-0.3, -0.25) is 4.90 Å². The van der Waals surface area contributed by atoms with Gasteiger partial charge < -0.3 is 10.3 Å². The second-order valence-electron chi connectivity index (χ2n) is 10.5. The summed E-state index contributed by atoms with van der Waals surface area (Å²) in [4.78, 5) is 21.8. The van der Waals surface area contributed by atoms with Crippen LogP contribution in [-0.4, -0.2) is 43.7 Å². The van der Waals surface area contributed by atoms with Gasteiger partial charge in [-0.05, 0) is 49.4 Å². The van der Waals surface area contributed by atoms with Crippen LogP contribution in [0.5, 0.6) is 0 Å². The number of fused-ring (bicyclic) bond motifs is 2. The predicted octanol–water partition coefficient (Wildman–Crippen LogP) is 6.23. The van der Waals surface area contributed by atoms with E-state index in [9.17, 15) is 0 Å². The molecule has 2 aliphatic rings. The monoisotopic (exact) mass is 513 g/mol. The number of nitrogen functional groups attached to an aromatic ring is 1. The number of anilines is 1. The normalized spacial score (nSPS) is 16.0. The SMILES string of the molecule is Nc1ccc2nc(-c3ccc(CN4CCC(n5cnc6c5N=CCC6)CC4)cc3)c(-c3ccccc3)nc2c1. The lowest BCUT2D eigenvalue weighted by atomic mass is 10.0. The third-order valence-electron chi connectivity index (χ3n) is 7.88. The molecule has 39 heavy (non-hydrogen) atoms. The molecule has 0 spiro atoms. The number of aromatic nitrogens is 4. The first-order valence-electron chi connectivity index (χ1n) is 13.7. The fraction of sp³-hybridized carbons (Fsp3) is 0.250. The van der Waals surface area contributed by atoms with Crippen LogP contribution in [0.25, 0.3) is 33.5 Å². The van der Waals surface area contributed by atoms with Crippen LogP contribution in [0.1, 0.15) is 36.6 Å². The molecule has 1 saturated heterocycles. The largest absolute Gasteiger partial charge is 0.399 e. The van der Waals surface area contributed by atoms with Gasteiger partial charge in [0.25, 0.3) is 0 Å². The van der Waals surface area contributed by atoms with E-state index >= 15 is 0 Å². The molecule has 3 aromatic carbocycles. The molecule has 7 rings (SSSR count). The smallest absolute Gasteiger partial charge is 0.155 e. The lowest BCUT2D eigenvalue weighted by Crippen LogP contribution is -2.34. The number of hydrogen-bond acceptors (Lipinski definition) is 6. The zero-order valence-electron chi connectivity index (χ0n) is 21.9. The van der Waals surface area contributed by atoms with Crippen LogP contribution >= 0.6 is 0 Å². The second kappa shape index (κ2) is 10.1. The summed E-state index contributed by atoms with van der Waals surface area (Å²) in [6, 6.07) is 25.2. The van der Waals surface area contributed by atoms with E-state index in [0.29, 0.717) is 11.7 Å². The van der Waals surface area contributed by atoms with Gasteiger partial charge in [-0.2, -0.15) is 0 Å². The Hall–Kier alpha value is -4.36. The Morgan fingerprint density at radius 2 is 1.56 bits per heavy atom. The minimum absolute atomic E-state index is 0.480. The molecule has 0 radical (unpaired) electrons. The lowest BCUT2D eigenvalue weighted by molar-refractivity contribution is 0.180. The quantitative estimate of drug-likeness (QED) is 0.282. The van der Waals surface area contributed by atoms with Gasteiger partial charge in [0.1, 0.15) is 0 Å². The van der Waals surface area contributed by atoms with Crippen LogP contribution in [0.15, 0.2) is 84.1 Å². The first-order chi connectivity index (χ1) is 19.2. The van der Waals surface area contributed by atoms with Crippen molar-refractivity contribution in [3.63, 3.8) is 0 Å². The molecule has 2 aromatic heterocycles. The first kappa shape index (κ1) is 23.7. The Labute approximate surface area is 228 Å². The van der Waals surface area contributed by atoms with Gasteiger partial charge >= 0.3 is 0 Å². The molecule has 7 heteroatoms. The minimum atomic E-state index is 0.480. The van der Waals surface area contributed by atoms with Gasteiger partial charge in [0, 0.05) is 48.7 Å². The van der Waals surface area contributed by atoms with E-state index in [1.54, 1.807) is 0 Å². The molecule has 2 aliphatic heterocycles. The number of rotatable bonds is 5. The highest BCUT2D eigenvalue weighted by atomic mass is 15.2. The molecule has 1 fully saturated rings. The second-order valence-corrected chi connectivity index (χ2v) is 10.5. The molecule has 0 bridgehead atoms. The molecule has 0 aliphatic carbocycles. The number of nitrogens with two attached hydrogens (primary N) is 1. The molecule has 0 saturated carbocycles. The number of hydrogen-bond donors (Lipinski definition) is 1. The van der Waals surface area contributed by atoms with Crippen molar-refractivity contribution in [2.45, 2.75) is 38.3 Å². The fourth-order valence-corrected chi connectivity index (χ4v) is 5.78. The van der Waals surface area contributed by atoms with Gasteiger partial charge in [0.2, 0.25) is 0 Å². The lowest BCUT2D eigenvalue weighted by Gasteiger charge is -2.33. The molecule has 5 aromatic rings. The highest BCUT2D eigenvalue weighted by Crippen LogP contribution is 2.33. The average Bonchev–Trinajstić information content (AvgIpc) is 3.42. The van der Waals surface area contributed by atoms with Crippen molar-refractivity contribution in [2.75, 3.05) is 18.8 Å². The topological polar surface area (TPSA) is 85.2 Å². The maximum atomic E-state index is 6.03. The van der Waals surface area contributed by atoms with Crippen molar-refractivity contribution in [1.82, 2.24) is 24.4 Å². The molecular weight excluding hydrogens is 482 g/mol. The summed E-state index contributed by atoms with van der Waals surface area (Å²) in [5.41, 5.74) is 14.7. The molecule has 0 atom stereocenters. The van der Waals surface area contributed by atoms with Gasteiger partial charge in [-0.15, -0.1) is 0 Å². The van der Waals surface area contributed by atoms with Crippen molar-refractivity contribution < 1.29 is 0 Å². The van der Waals surface area contributed by atoms with Crippen LogP contribution in [0.4, 0.5) is 11.5 Å². The maximum absolute atomic E-state index is 6.03. The van der Waals surface area contributed by atoms with Crippen molar-refractivity contribution in [3.8, 4) is 22.5 Å². The summed E-state index contributed by atoms with van der Waals surface area (Å²) in [5, 5.41) is 0. The zero-order valence-corrected chi connectivity index (χ0v) is 21.9. The molecule has 2 N–H and O–H groups in total. The summed E-state index contributed by atoms with van der Waals surface area (Å²) in [6.07, 6.45) is 8.27. The predicted molar refractivity (Wildman–Crippen MR) is 157 cm³/mol. The van der Waals surface area contributed by atoms with E-state index < -0.39 is 0 Å². The Balaban J connectivity index is 1.09. The van der Waals surface area contributed by atoms with Gasteiger partial charge in [0.05, 0.1) is 34.4 Å². The van der Waals surface area contributed by atoms with Crippen molar-refractivity contribution in [1.29, 1.82) is 0 Å². The van der Waals surface area contributed by atoms with Crippen molar-refractivity contribution in [3.05, 3.63) is 90.4 Å². The zero-order chi connectivity index (χ0) is 26.2. The number of nitrogens with zero attached hydrogens (tertiary/aromatic N) is 6. The number of piperidine rings is 1. The summed E-state index contributed by atoms with van der Waals surface area (Å²) < 4.78 is 2.31. The summed E-state index contributed by atoms with van der Waals surface area (Å²) in [7, 11) is 0. The highest BCUT2D eigenvalue weighted by molar-refractivity contribution is 5.87.